The number of aryl methyl sites for hydroxylation is 1. The van der Waals surface area contributed by atoms with Gasteiger partial charge in [0.15, 0.2) is 12.4 Å². The zero-order chi connectivity index (χ0) is 22.5. The number of carbonyl (C=O) groups is 2. The van der Waals surface area contributed by atoms with Crippen molar-refractivity contribution in [3.8, 4) is 23.5 Å². The Morgan fingerprint density at radius 1 is 1.31 bits per heavy atom. The second-order valence-corrected chi connectivity index (χ2v) is 8.37. The number of H-pyrrole nitrogens is 1. The molecular formula is C23H23N5O3S. The van der Waals surface area contributed by atoms with Crippen LogP contribution in [0.2, 0.25) is 0 Å². The molecule has 164 valence electrons. The highest BCUT2D eigenvalue weighted by molar-refractivity contribution is 7.10. The molecule has 3 heterocycles. The number of aromatic amines is 1. The first-order chi connectivity index (χ1) is 15.6. The van der Waals surface area contributed by atoms with Gasteiger partial charge in [-0.05, 0) is 25.3 Å². The average Bonchev–Trinajstić information content (AvgIpc) is 3.45. The third-order valence-electron chi connectivity index (χ3n) is 5.38. The zero-order valence-corrected chi connectivity index (χ0v) is 18.4. The van der Waals surface area contributed by atoms with Gasteiger partial charge in [-0.2, -0.15) is 5.10 Å². The molecule has 2 N–H and O–H groups in total. The summed E-state index contributed by atoms with van der Waals surface area (Å²) in [5.41, 5.74) is 3.07. The van der Waals surface area contributed by atoms with Crippen molar-refractivity contribution in [2.45, 2.75) is 25.7 Å². The molecule has 1 aliphatic rings. The Morgan fingerprint density at radius 3 is 2.78 bits per heavy atom. The number of ether oxygens (including phenoxy) is 1. The Balaban J connectivity index is 1.40. The number of piperidine rings is 1. The number of amides is 2. The van der Waals surface area contributed by atoms with E-state index < -0.39 is 0 Å². The van der Waals surface area contributed by atoms with Crippen LogP contribution in [0.5, 0.6) is 0 Å². The maximum Gasteiger partial charge on any atom is 0.410 e. The van der Waals surface area contributed by atoms with Crippen LogP contribution in [0.25, 0.3) is 11.1 Å². The molecule has 4 rings (SSSR count). The number of carbonyl (C=O) groups excluding carboxylic acids is 2. The van der Waals surface area contributed by atoms with Gasteiger partial charge in [-0.15, -0.1) is 17.8 Å². The van der Waals surface area contributed by atoms with Crippen molar-refractivity contribution >= 4 is 29.2 Å². The molecule has 1 aromatic carbocycles. The topological polar surface area (TPSA) is 100 Å². The van der Waals surface area contributed by atoms with Crippen LogP contribution in [-0.2, 0) is 4.74 Å². The van der Waals surface area contributed by atoms with Crippen molar-refractivity contribution in [3.63, 3.8) is 0 Å². The van der Waals surface area contributed by atoms with Gasteiger partial charge >= 0.3 is 6.09 Å². The van der Waals surface area contributed by atoms with Crippen LogP contribution in [0.15, 0.2) is 35.7 Å². The number of aromatic nitrogens is 3. The minimum absolute atomic E-state index is 0.0226. The summed E-state index contributed by atoms with van der Waals surface area (Å²) in [6.07, 6.45) is 6.26. The number of hydrogen-bond donors (Lipinski definition) is 2. The van der Waals surface area contributed by atoms with Crippen LogP contribution >= 0.6 is 11.3 Å². The maximum atomic E-state index is 12.8. The number of benzene rings is 1. The molecule has 1 fully saturated rings. The number of anilines is 1. The van der Waals surface area contributed by atoms with Crippen molar-refractivity contribution in [2.24, 2.45) is 0 Å². The second-order valence-electron chi connectivity index (χ2n) is 7.48. The second kappa shape index (κ2) is 9.66. The fraction of sp³-hybridized carbons (Fsp3) is 0.304. The molecule has 0 bridgehead atoms. The average molecular weight is 450 g/mol. The monoisotopic (exact) mass is 449 g/mol. The summed E-state index contributed by atoms with van der Waals surface area (Å²) in [5.74, 6) is 2.67. The van der Waals surface area contributed by atoms with Crippen LogP contribution in [0.3, 0.4) is 0 Å². The molecule has 0 saturated carbocycles. The van der Waals surface area contributed by atoms with E-state index in [0.29, 0.717) is 24.6 Å². The lowest BCUT2D eigenvalue weighted by Gasteiger charge is -2.30. The van der Waals surface area contributed by atoms with E-state index >= 15 is 0 Å². The van der Waals surface area contributed by atoms with Gasteiger partial charge in [-0.3, -0.25) is 9.89 Å². The molecule has 1 saturated heterocycles. The van der Waals surface area contributed by atoms with Gasteiger partial charge in [-0.1, -0.05) is 36.3 Å². The maximum absolute atomic E-state index is 12.8. The zero-order valence-electron chi connectivity index (χ0n) is 17.6. The van der Waals surface area contributed by atoms with Crippen molar-refractivity contribution in [3.05, 3.63) is 52.1 Å². The van der Waals surface area contributed by atoms with Crippen LogP contribution < -0.4 is 5.32 Å². The van der Waals surface area contributed by atoms with Gasteiger partial charge in [-0.25, -0.2) is 9.78 Å². The molecule has 32 heavy (non-hydrogen) atoms. The smallest absolute Gasteiger partial charge is 0.410 e. The Labute approximate surface area is 190 Å². The van der Waals surface area contributed by atoms with Gasteiger partial charge in [0.2, 0.25) is 0 Å². The predicted octanol–water partition coefficient (Wildman–Crippen LogP) is 4.04. The van der Waals surface area contributed by atoms with E-state index in [-0.39, 0.29) is 24.5 Å². The summed E-state index contributed by atoms with van der Waals surface area (Å²) in [6.45, 7) is 3.04. The van der Waals surface area contributed by atoms with E-state index in [1.807, 2.05) is 37.3 Å². The quantitative estimate of drug-likeness (QED) is 0.573. The number of nitrogens with one attached hydrogen (secondary N) is 2. The lowest BCUT2D eigenvalue weighted by atomic mass is 9.98. The van der Waals surface area contributed by atoms with Gasteiger partial charge < -0.3 is 15.0 Å². The molecule has 0 spiro atoms. The van der Waals surface area contributed by atoms with Gasteiger partial charge in [0.05, 0.1) is 5.01 Å². The normalized spacial score (nSPS) is 14.1. The van der Waals surface area contributed by atoms with E-state index in [1.54, 1.807) is 10.3 Å². The lowest BCUT2D eigenvalue weighted by molar-refractivity contribution is 0.102. The van der Waals surface area contributed by atoms with E-state index in [1.165, 1.54) is 11.3 Å². The molecule has 8 nitrogen and oxygen atoms in total. The third-order valence-corrected chi connectivity index (χ3v) is 6.38. The summed E-state index contributed by atoms with van der Waals surface area (Å²) in [7, 11) is 0. The fourth-order valence-corrected chi connectivity index (χ4v) is 4.70. The van der Waals surface area contributed by atoms with Crippen molar-refractivity contribution in [1.82, 2.24) is 20.1 Å². The lowest BCUT2D eigenvalue weighted by Crippen LogP contribution is -2.38. The van der Waals surface area contributed by atoms with Crippen molar-refractivity contribution in [1.29, 1.82) is 0 Å². The molecule has 0 aliphatic carbocycles. The number of thiazole rings is 1. The van der Waals surface area contributed by atoms with Crippen LogP contribution in [-0.4, -0.2) is 51.8 Å². The minimum atomic E-state index is -0.385. The van der Waals surface area contributed by atoms with E-state index in [4.69, 9.17) is 11.2 Å². The molecule has 2 amide bonds. The fourth-order valence-electron chi connectivity index (χ4n) is 3.73. The highest BCUT2D eigenvalue weighted by Gasteiger charge is 2.27. The van der Waals surface area contributed by atoms with E-state index in [2.05, 4.69) is 26.4 Å². The van der Waals surface area contributed by atoms with Crippen molar-refractivity contribution in [2.75, 3.05) is 25.0 Å². The first kappa shape index (κ1) is 21.6. The number of nitrogens with zero attached hydrogens (tertiary/aromatic N) is 3. The molecule has 0 unspecified atom stereocenters. The molecule has 9 heteroatoms. The number of terminal acetylenes is 1. The van der Waals surface area contributed by atoms with E-state index in [0.717, 1.165) is 34.7 Å². The highest BCUT2D eigenvalue weighted by atomic mass is 32.1. The summed E-state index contributed by atoms with van der Waals surface area (Å²) in [5, 5.41) is 12.7. The summed E-state index contributed by atoms with van der Waals surface area (Å²) in [6, 6.07) is 9.78. The first-order valence-corrected chi connectivity index (χ1v) is 11.2. The molecule has 1 aliphatic heterocycles. The summed E-state index contributed by atoms with van der Waals surface area (Å²) >= 11 is 1.46. The van der Waals surface area contributed by atoms with Crippen LogP contribution in [0.4, 0.5) is 10.6 Å². The molecule has 3 aromatic rings. The van der Waals surface area contributed by atoms with Crippen LogP contribution in [0.1, 0.15) is 39.9 Å². The summed E-state index contributed by atoms with van der Waals surface area (Å²) in [4.78, 5) is 31.0. The van der Waals surface area contributed by atoms with Crippen molar-refractivity contribution < 1.29 is 14.3 Å². The Bertz CT molecular complexity index is 1140. The number of rotatable bonds is 5. The van der Waals surface area contributed by atoms with Gasteiger partial charge in [0, 0.05) is 35.6 Å². The first-order valence-electron chi connectivity index (χ1n) is 10.3. The largest absolute Gasteiger partial charge is 0.436 e. The summed E-state index contributed by atoms with van der Waals surface area (Å²) < 4.78 is 4.98. The van der Waals surface area contributed by atoms with Gasteiger partial charge in [0.25, 0.3) is 5.91 Å². The van der Waals surface area contributed by atoms with E-state index in [9.17, 15) is 9.59 Å². The standard InChI is InChI=1S/C23H23N5O3S/c1-3-13-31-23(30)28-11-9-17(10-12-28)22-24-18(14-32-22)21(29)25-20-19(15(2)26-27-20)16-7-5-4-6-8-16/h1,4-8,14,17H,9-13H2,2H3,(H2,25,26,27,29). The number of likely N-dealkylation sites (tertiary alicyclic amines) is 1. The molecule has 0 atom stereocenters. The molecular weight excluding hydrogens is 426 g/mol. The number of hydrogen-bond acceptors (Lipinski definition) is 6. The Hall–Kier alpha value is -3.64. The third kappa shape index (κ3) is 4.65. The minimum Gasteiger partial charge on any atom is -0.436 e. The Kier molecular flexibility index (Phi) is 6.52. The molecule has 2 aromatic heterocycles. The Morgan fingerprint density at radius 2 is 2.06 bits per heavy atom. The predicted molar refractivity (Wildman–Crippen MR) is 123 cm³/mol. The molecule has 0 radical (unpaired) electrons. The highest BCUT2D eigenvalue weighted by Crippen LogP contribution is 2.32. The van der Waals surface area contributed by atoms with Crippen LogP contribution in [0, 0.1) is 19.3 Å². The SMILES string of the molecule is C#CCOC(=O)N1CCC(c2nc(C(=O)Nc3n[nH]c(C)c3-c3ccccc3)cs2)CC1. The van der Waals surface area contributed by atoms with Gasteiger partial charge in [0.1, 0.15) is 5.69 Å².